The first kappa shape index (κ1) is 22.9. The van der Waals surface area contributed by atoms with Gasteiger partial charge >= 0.3 is 5.69 Å². The summed E-state index contributed by atoms with van der Waals surface area (Å²) in [6.07, 6.45) is 2.96. The number of aromatic hydroxyl groups is 2. The largest absolute Gasteiger partial charge is 0.507 e. The number of hydrogen-bond donors (Lipinski definition) is 3. The van der Waals surface area contributed by atoms with Crippen LogP contribution in [0.3, 0.4) is 0 Å². The van der Waals surface area contributed by atoms with Crippen molar-refractivity contribution in [2.45, 2.75) is 52.4 Å². The summed E-state index contributed by atoms with van der Waals surface area (Å²) in [5.74, 6) is -0.687. The number of anilines is 1. The molecule has 0 spiro atoms. The van der Waals surface area contributed by atoms with Crippen LogP contribution in [0.1, 0.15) is 58.2 Å². The Kier molecular flexibility index (Phi) is 6.25. The number of nitro benzene ring substituents is 1. The Balaban J connectivity index is 2.34. The minimum Gasteiger partial charge on any atom is -0.507 e. The number of carbonyl (C=O) groups excluding carboxylic acids is 1. The number of amides is 1. The van der Waals surface area contributed by atoms with Gasteiger partial charge in [-0.15, -0.1) is 0 Å². The van der Waals surface area contributed by atoms with Crippen molar-refractivity contribution in [1.29, 1.82) is 0 Å². The van der Waals surface area contributed by atoms with Crippen LogP contribution in [0.5, 0.6) is 11.5 Å². The van der Waals surface area contributed by atoms with E-state index in [2.05, 4.69) is 5.32 Å². The fraction of sp³-hybridized carbons (Fsp3) is 0.348. The predicted octanol–water partition coefficient (Wildman–Crippen LogP) is 5.25. The standard InChI is InChI=1S/C23H28N2O5/c1-22(2,3)16-11-14(12-17(21(16)28)23(4,5)6)7-10-20(27)24-15-8-9-19(26)18(13-15)25(29)30/h7-13,26,28H,1-6H3,(H,24,27). The molecule has 0 aliphatic rings. The molecule has 0 saturated heterocycles. The Hall–Kier alpha value is -3.35. The van der Waals surface area contributed by atoms with Crippen LogP contribution in [-0.4, -0.2) is 21.0 Å². The third-order valence-electron chi connectivity index (χ3n) is 4.62. The number of phenols is 2. The smallest absolute Gasteiger partial charge is 0.312 e. The molecule has 2 aromatic carbocycles. The summed E-state index contributed by atoms with van der Waals surface area (Å²) in [5.41, 5.74) is 1.45. The molecule has 0 bridgehead atoms. The summed E-state index contributed by atoms with van der Waals surface area (Å²) < 4.78 is 0. The van der Waals surface area contributed by atoms with E-state index in [0.29, 0.717) is 0 Å². The minimum atomic E-state index is -0.723. The average molecular weight is 412 g/mol. The number of phenolic OH excluding ortho intramolecular Hbond substituents is 2. The van der Waals surface area contributed by atoms with Crippen LogP contribution in [0.15, 0.2) is 36.4 Å². The van der Waals surface area contributed by atoms with Gasteiger partial charge in [0, 0.05) is 29.0 Å². The number of nitrogens with one attached hydrogen (secondary N) is 1. The van der Waals surface area contributed by atoms with Gasteiger partial charge < -0.3 is 15.5 Å². The lowest BCUT2D eigenvalue weighted by Crippen LogP contribution is -2.17. The lowest BCUT2D eigenvalue weighted by molar-refractivity contribution is -0.385. The maximum Gasteiger partial charge on any atom is 0.312 e. The Bertz CT molecular complexity index is 976. The topological polar surface area (TPSA) is 113 Å². The quantitative estimate of drug-likeness (QED) is 0.275. The highest BCUT2D eigenvalue weighted by atomic mass is 16.6. The van der Waals surface area contributed by atoms with Gasteiger partial charge in [0.25, 0.3) is 0 Å². The van der Waals surface area contributed by atoms with E-state index in [0.717, 1.165) is 28.8 Å². The number of carbonyl (C=O) groups is 1. The Morgan fingerprint density at radius 2 is 1.53 bits per heavy atom. The number of nitrogens with zero attached hydrogens (tertiary/aromatic N) is 1. The molecule has 7 heteroatoms. The summed E-state index contributed by atoms with van der Waals surface area (Å²) in [5, 5.41) is 33.7. The van der Waals surface area contributed by atoms with Gasteiger partial charge in [-0.3, -0.25) is 14.9 Å². The highest BCUT2D eigenvalue weighted by Gasteiger charge is 2.26. The summed E-state index contributed by atoms with van der Waals surface area (Å²) in [6.45, 7) is 12.0. The fourth-order valence-corrected chi connectivity index (χ4v) is 3.00. The predicted molar refractivity (Wildman–Crippen MR) is 118 cm³/mol. The normalized spacial score (nSPS) is 12.2. The first-order valence-corrected chi connectivity index (χ1v) is 9.54. The second-order valence-electron chi connectivity index (χ2n) is 9.25. The van der Waals surface area contributed by atoms with Crippen molar-refractivity contribution in [3.05, 3.63) is 63.2 Å². The highest BCUT2D eigenvalue weighted by molar-refractivity contribution is 6.02. The molecule has 0 aliphatic carbocycles. The number of nitro groups is 1. The van der Waals surface area contributed by atoms with Crippen LogP contribution in [0.4, 0.5) is 11.4 Å². The van der Waals surface area contributed by atoms with Crippen LogP contribution in [0, 0.1) is 10.1 Å². The maximum atomic E-state index is 12.3. The molecule has 0 saturated carbocycles. The molecule has 0 heterocycles. The summed E-state index contributed by atoms with van der Waals surface area (Å²) >= 11 is 0. The Labute approximate surface area is 176 Å². The maximum absolute atomic E-state index is 12.3. The molecule has 160 valence electrons. The Morgan fingerprint density at radius 1 is 1.00 bits per heavy atom. The van der Waals surface area contributed by atoms with Gasteiger partial charge in [0.2, 0.25) is 5.91 Å². The average Bonchev–Trinajstić information content (AvgIpc) is 2.60. The van der Waals surface area contributed by atoms with E-state index in [9.17, 15) is 25.1 Å². The van der Waals surface area contributed by atoms with Gasteiger partial charge in [-0.2, -0.15) is 0 Å². The SMILES string of the molecule is CC(C)(C)c1cc(C=CC(=O)Nc2ccc(O)c([N+](=O)[O-])c2)cc(C(C)(C)C)c1O. The van der Waals surface area contributed by atoms with Gasteiger partial charge in [0.05, 0.1) is 4.92 Å². The zero-order chi connectivity index (χ0) is 22.9. The third kappa shape index (κ3) is 5.37. The van der Waals surface area contributed by atoms with Crippen LogP contribution in [-0.2, 0) is 15.6 Å². The van der Waals surface area contributed by atoms with Crippen molar-refractivity contribution in [2.24, 2.45) is 0 Å². The fourth-order valence-electron chi connectivity index (χ4n) is 3.00. The molecule has 0 aromatic heterocycles. The highest BCUT2D eigenvalue weighted by Crippen LogP contribution is 2.40. The first-order valence-electron chi connectivity index (χ1n) is 9.54. The van der Waals surface area contributed by atoms with E-state index in [1.807, 2.05) is 53.7 Å². The zero-order valence-electron chi connectivity index (χ0n) is 18.1. The molecular formula is C23H28N2O5. The molecule has 0 fully saturated rings. The van der Waals surface area contributed by atoms with E-state index in [-0.39, 0.29) is 22.3 Å². The van der Waals surface area contributed by atoms with Gasteiger partial charge in [0.1, 0.15) is 5.75 Å². The molecule has 0 atom stereocenters. The lowest BCUT2D eigenvalue weighted by Gasteiger charge is -2.27. The molecule has 0 radical (unpaired) electrons. The molecular weight excluding hydrogens is 384 g/mol. The van der Waals surface area contributed by atoms with Crippen LogP contribution in [0.25, 0.3) is 6.08 Å². The Morgan fingerprint density at radius 3 is 2.00 bits per heavy atom. The molecule has 2 aromatic rings. The second-order valence-corrected chi connectivity index (χ2v) is 9.25. The van der Waals surface area contributed by atoms with Crippen molar-refractivity contribution >= 4 is 23.4 Å². The van der Waals surface area contributed by atoms with E-state index >= 15 is 0 Å². The van der Waals surface area contributed by atoms with E-state index in [1.165, 1.54) is 12.1 Å². The van der Waals surface area contributed by atoms with Crippen molar-refractivity contribution < 1.29 is 19.9 Å². The van der Waals surface area contributed by atoms with Crippen molar-refractivity contribution in [1.82, 2.24) is 0 Å². The molecule has 1 amide bonds. The van der Waals surface area contributed by atoms with E-state index in [4.69, 9.17) is 0 Å². The monoisotopic (exact) mass is 412 g/mol. The first-order chi connectivity index (χ1) is 13.7. The van der Waals surface area contributed by atoms with Gasteiger partial charge in [0.15, 0.2) is 5.75 Å². The van der Waals surface area contributed by atoms with Crippen molar-refractivity contribution in [3.8, 4) is 11.5 Å². The van der Waals surface area contributed by atoms with Crippen LogP contribution in [0.2, 0.25) is 0 Å². The van der Waals surface area contributed by atoms with Crippen LogP contribution >= 0.6 is 0 Å². The van der Waals surface area contributed by atoms with Crippen molar-refractivity contribution in [3.63, 3.8) is 0 Å². The second kappa shape index (κ2) is 8.18. The summed E-state index contributed by atoms with van der Waals surface area (Å²) in [6, 6.07) is 7.32. The molecule has 0 aliphatic heterocycles. The molecule has 7 nitrogen and oxygen atoms in total. The molecule has 3 N–H and O–H groups in total. The number of benzene rings is 2. The molecule has 0 unspecified atom stereocenters. The molecule has 2 rings (SSSR count). The van der Waals surface area contributed by atoms with Gasteiger partial charge in [-0.05, 0) is 46.7 Å². The number of rotatable bonds is 4. The van der Waals surface area contributed by atoms with Crippen molar-refractivity contribution in [2.75, 3.05) is 5.32 Å². The van der Waals surface area contributed by atoms with E-state index < -0.39 is 22.3 Å². The summed E-state index contributed by atoms with van der Waals surface area (Å²) in [4.78, 5) is 22.5. The van der Waals surface area contributed by atoms with Gasteiger partial charge in [-0.25, -0.2) is 0 Å². The summed E-state index contributed by atoms with van der Waals surface area (Å²) in [7, 11) is 0. The zero-order valence-corrected chi connectivity index (χ0v) is 18.1. The van der Waals surface area contributed by atoms with Gasteiger partial charge in [-0.1, -0.05) is 41.5 Å². The third-order valence-corrected chi connectivity index (χ3v) is 4.62. The van der Waals surface area contributed by atoms with Crippen LogP contribution < -0.4 is 5.32 Å². The van der Waals surface area contributed by atoms with E-state index in [1.54, 1.807) is 6.08 Å². The lowest BCUT2D eigenvalue weighted by atomic mass is 9.78. The minimum absolute atomic E-state index is 0.200. The number of hydrogen-bond acceptors (Lipinski definition) is 5. The molecule has 30 heavy (non-hydrogen) atoms.